The first kappa shape index (κ1) is 14.8. The molecule has 0 amide bonds. The average molecular weight is 270 g/mol. The van der Waals surface area contributed by atoms with Gasteiger partial charge in [-0.05, 0) is 37.5 Å². The Balaban J connectivity index is 2.25. The Bertz CT molecular complexity index is 584. The number of aliphatic hydroxyl groups is 2. The summed E-state index contributed by atoms with van der Waals surface area (Å²) in [4.78, 5) is 0. The number of hydrogen-bond acceptors (Lipinski definition) is 2. The molecule has 1 aromatic rings. The van der Waals surface area contributed by atoms with E-state index in [9.17, 15) is 10.2 Å². The standard InChI is InChI=1S/C18H22O2/c1-12-7-13(2)9-16(8-12)5-6-17-10-14(3)18(19,20)15(4)11-17/h5-11,14,19-20H,1-4H3. The summed E-state index contributed by atoms with van der Waals surface area (Å²) in [5.41, 5.74) is 5.23. The van der Waals surface area contributed by atoms with Gasteiger partial charge in [0.1, 0.15) is 0 Å². The summed E-state index contributed by atoms with van der Waals surface area (Å²) in [5.74, 6) is -2.04. The van der Waals surface area contributed by atoms with Crippen LogP contribution >= 0.6 is 0 Å². The van der Waals surface area contributed by atoms with Gasteiger partial charge in [-0.1, -0.05) is 60.6 Å². The van der Waals surface area contributed by atoms with Gasteiger partial charge in [-0.25, -0.2) is 0 Å². The van der Waals surface area contributed by atoms with Gasteiger partial charge in [-0.2, -0.15) is 0 Å². The van der Waals surface area contributed by atoms with Gasteiger partial charge < -0.3 is 10.2 Å². The summed E-state index contributed by atoms with van der Waals surface area (Å²) < 4.78 is 0. The number of aryl methyl sites for hydroxylation is 2. The van der Waals surface area contributed by atoms with Gasteiger partial charge in [0.05, 0.1) is 0 Å². The van der Waals surface area contributed by atoms with Crippen LogP contribution in [0.5, 0.6) is 0 Å². The smallest absolute Gasteiger partial charge is 0.191 e. The van der Waals surface area contributed by atoms with Crippen molar-refractivity contribution >= 4 is 6.08 Å². The van der Waals surface area contributed by atoms with Crippen LogP contribution in [-0.2, 0) is 0 Å². The topological polar surface area (TPSA) is 40.5 Å². The van der Waals surface area contributed by atoms with Crippen LogP contribution in [-0.4, -0.2) is 16.0 Å². The molecule has 106 valence electrons. The number of benzene rings is 1. The van der Waals surface area contributed by atoms with E-state index in [4.69, 9.17) is 0 Å². The predicted octanol–water partition coefficient (Wildman–Crippen LogP) is 3.52. The maximum atomic E-state index is 9.91. The summed E-state index contributed by atoms with van der Waals surface area (Å²) in [6, 6.07) is 6.42. The third-order valence-corrected chi connectivity index (χ3v) is 3.75. The lowest BCUT2D eigenvalue weighted by Crippen LogP contribution is -2.38. The molecule has 2 heteroatoms. The van der Waals surface area contributed by atoms with E-state index in [1.165, 1.54) is 11.1 Å². The molecule has 0 spiro atoms. The zero-order chi connectivity index (χ0) is 14.9. The van der Waals surface area contributed by atoms with Crippen molar-refractivity contribution in [3.05, 3.63) is 64.3 Å². The number of allylic oxidation sites excluding steroid dienone is 3. The van der Waals surface area contributed by atoms with Crippen LogP contribution in [0.2, 0.25) is 0 Å². The molecule has 20 heavy (non-hydrogen) atoms. The fourth-order valence-electron chi connectivity index (χ4n) is 2.57. The van der Waals surface area contributed by atoms with E-state index < -0.39 is 5.79 Å². The van der Waals surface area contributed by atoms with Crippen molar-refractivity contribution in [3.63, 3.8) is 0 Å². The van der Waals surface area contributed by atoms with Gasteiger partial charge in [0.25, 0.3) is 0 Å². The average Bonchev–Trinajstić information content (AvgIpc) is 2.33. The molecule has 0 aromatic heterocycles. The molecule has 0 heterocycles. The highest BCUT2D eigenvalue weighted by Gasteiger charge is 2.33. The summed E-state index contributed by atoms with van der Waals surface area (Å²) in [6.45, 7) is 7.72. The molecule has 2 N–H and O–H groups in total. The van der Waals surface area contributed by atoms with E-state index in [2.05, 4.69) is 38.1 Å². The van der Waals surface area contributed by atoms with Crippen molar-refractivity contribution in [1.82, 2.24) is 0 Å². The number of rotatable bonds is 2. The second-order valence-electron chi connectivity index (χ2n) is 5.76. The highest BCUT2D eigenvalue weighted by molar-refractivity contribution is 5.57. The lowest BCUT2D eigenvalue weighted by Gasteiger charge is -2.31. The highest BCUT2D eigenvalue weighted by Crippen LogP contribution is 2.31. The van der Waals surface area contributed by atoms with Crippen molar-refractivity contribution < 1.29 is 10.2 Å². The summed E-state index contributed by atoms with van der Waals surface area (Å²) in [6.07, 6.45) is 7.78. The molecule has 0 bridgehead atoms. The number of hydrogen-bond donors (Lipinski definition) is 2. The van der Waals surface area contributed by atoms with Crippen molar-refractivity contribution in [2.45, 2.75) is 33.5 Å². The molecule has 0 aliphatic heterocycles. The second kappa shape index (κ2) is 5.39. The van der Waals surface area contributed by atoms with Crippen LogP contribution in [0.15, 0.2) is 47.6 Å². The molecule has 0 radical (unpaired) electrons. The van der Waals surface area contributed by atoms with Crippen LogP contribution in [0.25, 0.3) is 6.08 Å². The fourth-order valence-corrected chi connectivity index (χ4v) is 2.57. The maximum Gasteiger partial charge on any atom is 0.191 e. The predicted molar refractivity (Wildman–Crippen MR) is 83.1 cm³/mol. The van der Waals surface area contributed by atoms with Gasteiger partial charge in [0.15, 0.2) is 5.79 Å². The first-order chi connectivity index (χ1) is 9.29. The Morgan fingerprint density at radius 1 is 1.00 bits per heavy atom. The summed E-state index contributed by atoms with van der Waals surface area (Å²) in [7, 11) is 0. The Kier molecular flexibility index (Phi) is 3.98. The zero-order valence-electron chi connectivity index (χ0n) is 12.5. The molecule has 1 atom stereocenters. The SMILES string of the molecule is CC1=CC(C=Cc2cc(C)cc(C)c2)=CC(C)C1(O)O. The van der Waals surface area contributed by atoms with E-state index in [1.54, 1.807) is 13.8 Å². The lowest BCUT2D eigenvalue weighted by molar-refractivity contribution is -0.153. The van der Waals surface area contributed by atoms with Gasteiger partial charge in [-0.15, -0.1) is 0 Å². The molecule has 0 saturated carbocycles. The van der Waals surface area contributed by atoms with Crippen molar-refractivity contribution in [1.29, 1.82) is 0 Å². The largest absolute Gasteiger partial charge is 0.362 e. The van der Waals surface area contributed by atoms with Crippen LogP contribution in [0.3, 0.4) is 0 Å². The minimum Gasteiger partial charge on any atom is -0.362 e. The quantitative estimate of drug-likeness (QED) is 0.807. The fraction of sp³-hybridized carbons (Fsp3) is 0.333. The van der Waals surface area contributed by atoms with Gasteiger partial charge >= 0.3 is 0 Å². The minimum atomic E-state index is -1.72. The van der Waals surface area contributed by atoms with E-state index >= 15 is 0 Å². The highest BCUT2D eigenvalue weighted by atomic mass is 16.5. The molecule has 0 saturated heterocycles. The third-order valence-electron chi connectivity index (χ3n) is 3.75. The first-order valence-electron chi connectivity index (χ1n) is 6.91. The Labute approximate surface area is 120 Å². The van der Waals surface area contributed by atoms with Crippen LogP contribution in [0.1, 0.15) is 30.5 Å². The van der Waals surface area contributed by atoms with Crippen molar-refractivity contribution in [3.8, 4) is 0 Å². The van der Waals surface area contributed by atoms with Crippen LogP contribution in [0.4, 0.5) is 0 Å². The van der Waals surface area contributed by atoms with E-state index in [0.717, 1.165) is 11.1 Å². The van der Waals surface area contributed by atoms with Crippen molar-refractivity contribution in [2.75, 3.05) is 0 Å². The lowest BCUT2D eigenvalue weighted by atomic mass is 9.86. The van der Waals surface area contributed by atoms with Gasteiger partial charge in [0, 0.05) is 5.92 Å². The molecular formula is C18H22O2. The zero-order valence-corrected chi connectivity index (χ0v) is 12.5. The monoisotopic (exact) mass is 270 g/mol. The molecule has 2 nitrogen and oxygen atoms in total. The molecule has 1 unspecified atom stereocenters. The molecule has 1 aliphatic carbocycles. The Morgan fingerprint density at radius 3 is 2.15 bits per heavy atom. The van der Waals surface area contributed by atoms with Crippen molar-refractivity contribution in [2.24, 2.45) is 5.92 Å². The van der Waals surface area contributed by atoms with E-state index in [0.29, 0.717) is 5.57 Å². The third kappa shape index (κ3) is 3.09. The maximum absolute atomic E-state index is 9.91. The minimum absolute atomic E-state index is 0.314. The Hall–Kier alpha value is -1.64. The molecule has 0 fully saturated rings. The second-order valence-corrected chi connectivity index (χ2v) is 5.76. The normalized spacial score (nSPS) is 21.8. The van der Waals surface area contributed by atoms with Crippen LogP contribution in [0, 0.1) is 19.8 Å². The first-order valence-corrected chi connectivity index (χ1v) is 6.91. The molecule has 1 aromatic carbocycles. The molecule has 1 aliphatic rings. The molecule has 2 rings (SSSR count). The summed E-state index contributed by atoms with van der Waals surface area (Å²) in [5, 5.41) is 19.8. The van der Waals surface area contributed by atoms with E-state index in [-0.39, 0.29) is 5.92 Å². The van der Waals surface area contributed by atoms with Gasteiger partial charge in [-0.3, -0.25) is 0 Å². The Morgan fingerprint density at radius 2 is 1.60 bits per heavy atom. The molecular weight excluding hydrogens is 248 g/mol. The van der Waals surface area contributed by atoms with E-state index in [1.807, 2.05) is 18.2 Å². The summed E-state index contributed by atoms with van der Waals surface area (Å²) >= 11 is 0. The van der Waals surface area contributed by atoms with Crippen LogP contribution < -0.4 is 0 Å². The van der Waals surface area contributed by atoms with Gasteiger partial charge in [0.2, 0.25) is 0 Å².